The summed E-state index contributed by atoms with van der Waals surface area (Å²) in [6.45, 7) is 2.40. The summed E-state index contributed by atoms with van der Waals surface area (Å²) in [5.74, 6) is -2.00. The highest BCUT2D eigenvalue weighted by Crippen LogP contribution is 2.73. The fraction of sp³-hybridized carbons (Fsp3) is 0.962. The summed E-state index contributed by atoms with van der Waals surface area (Å²) in [6.07, 6.45) is -8.35. The summed E-state index contributed by atoms with van der Waals surface area (Å²) in [5, 5.41) is 96.6. The van der Waals surface area contributed by atoms with Crippen LogP contribution in [0.4, 0.5) is 0 Å². The van der Waals surface area contributed by atoms with Crippen LogP contribution in [0.5, 0.6) is 0 Å². The summed E-state index contributed by atoms with van der Waals surface area (Å²) in [6, 6.07) is 0. The van der Waals surface area contributed by atoms with E-state index in [2.05, 4.69) is 0 Å². The van der Waals surface area contributed by atoms with Gasteiger partial charge in [-0.1, -0.05) is 13.3 Å². The summed E-state index contributed by atoms with van der Waals surface area (Å²) < 4.78 is 11.0. The molecule has 14 atom stereocenters. The average Bonchev–Trinajstić information content (AvgIpc) is 3.02. The zero-order valence-electron chi connectivity index (χ0n) is 21.8. The first kappa shape index (κ1) is 28.6. The minimum absolute atomic E-state index is 0.0243. The van der Waals surface area contributed by atoms with Crippen LogP contribution in [0.1, 0.15) is 58.8 Å². The Hall–Kier alpha value is -0.930. The molecule has 0 aromatic carbocycles. The van der Waals surface area contributed by atoms with Crippen LogP contribution in [-0.4, -0.2) is 119 Å². The molecule has 4 aliphatic carbocycles. The lowest BCUT2D eigenvalue weighted by molar-refractivity contribution is -0.314. The molecule has 4 saturated carbocycles. The molecule has 0 aromatic heterocycles. The van der Waals surface area contributed by atoms with Gasteiger partial charge in [0.25, 0.3) is 0 Å². The Labute approximate surface area is 220 Å². The molecule has 1 heterocycles. The Morgan fingerprint density at radius 2 is 1.63 bits per heavy atom. The molecular weight excluding hydrogens is 504 g/mol. The second-order valence-electron chi connectivity index (χ2n) is 13.2. The molecule has 1 aliphatic heterocycles. The Morgan fingerprint density at radius 1 is 0.947 bits per heavy atom. The third kappa shape index (κ3) is 3.62. The summed E-state index contributed by atoms with van der Waals surface area (Å²) >= 11 is 0. The van der Waals surface area contributed by atoms with Gasteiger partial charge in [-0.15, -0.1) is 0 Å². The molecule has 0 aromatic rings. The van der Waals surface area contributed by atoms with E-state index in [1.165, 1.54) is 0 Å². The van der Waals surface area contributed by atoms with Crippen molar-refractivity contribution in [3.63, 3.8) is 0 Å². The summed E-state index contributed by atoms with van der Waals surface area (Å²) in [7, 11) is 0. The van der Waals surface area contributed by atoms with Crippen molar-refractivity contribution in [2.75, 3.05) is 13.2 Å². The van der Waals surface area contributed by atoms with E-state index in [0.717, 1.165) is 0 Å². The molecule has 0 radical (unpaired) electrons. The lowest BCUT2D eigenvalue weighted by Gasteiger charge is -2.66. The van der Waals surface area contributed by atoms with Crippen molar-refractivity contribution in [3.8, 4) is 0 Å². The van der Waals surface area contributed by atoms with Gasteiger partial charge in [0.1, 0.15) is 30.0 Å². The maximum absolute atomic E-state index is 12.4. The number of rotatable bonds is 5. The van der Waals surface area contributed by atoms with Gasteiger partial charge in [-0.2, -0.15) is 0 Å². The topological polar surface area (TPSA) is 218 Å². The number of fused-ring (bicyclic) bond motifs is 3. The van der Waals surface area contributed by atoms with E-state index in [1.807, 2.05) is 6.92 Å². The standard InChI is InChI=1S/C26H42O12/c1-22-5-3-6-23(2,21(33)34)18(22)17(31)19(32)24-9-25(35,7-4-13(22)24)26(36,10-24)11-37-20-16(30)15(29)14(28)12(8-27)38-20/h12-20,27-32,35-36H,3-11H2,1-2H3,(H,33,34). The van der Waals surface area contributed by atoms with Crippen molar-refractivity contribution in [1.82, 2.24) is 0 Å². The van der Waals surface area contributed by atoms with E-state index in [1.54, 1.807) is 6.92 Å². The average molecular weight is 547 g/mol. The van der Waals surface area contributed by atoms with Crippen LogP contribution in [-0.2, 0) is 14.3 Å². The van der Waals surface area contributed by atoms with Crippen LogP contribution in [0.3, 0.4) is 0 Å². The highest BCUT2D eigenvalue weighted by molar-refractivity contribution is 5.75. The van der Waals surface area contributed by atoms with Crippen LogP contribution in [0.15, 0.2) is 0 Å². The molecule has 14 unspecified atom stereocenters. The molecule has 38 heavy (non-hydrogen) atoms. The third-order valence-electron chi connectivity index (χ3n) is 11.3. The Morgan fingerprint density at radius 3 is 2.26 bits per heavy atom. The van der Waals surface area contributed by atoms with Crippen molar-refractivity contribution in [1.29, 1.82) is 0 Å². The van der Waals surface area contributed by atoms with Gasteiger partial charge in [0.15, 0.2) is 6.29 Å². The second-order valence-corrected chi connectivity index (χ2v) is 13.2. The van der Waals surface area contributed by atoms with Crippen molar-refractivity contribution in [2.24, 2.45) is 28.1 Å². The Kier molecular flexibility index (Phi) is 6.80. The van der Waals surface area contributed by atoms with Gasteiger partial charge in [-0.25, -0.2) is 0 Å². The highest BCUT2D eigenvalue weighted by Gasteiger charge is 2.77. The van der Waals surface area contributed by atoms with Gasteiger partial charge in [0.05, 0.1) is 36.4 Å². The monoisotopic (exact) mass is 546 g/mol. The van der Waals surface area contributed by atoms with E-state index < -0.39 is 95.5 Å². The largest absolute Gasteiger partial charge is 0.481 e. The molecule has 5 fully saturated rings. The second kappa shape index (κ2) is 9.04. The number of aliphatic carboxylic acids is 1. The fourth-order valence-electron chi connectivity index (χ4n) is 9.53. The van der Waals surface area contributed by atoms with Crippen molar-refractivity contribution < 1.29 is 60.2 Å². The molecule has 12 heteroatoms. The van der Waals surface area contributed by atoms with Gasteiger partial charge in [-0.3, -0.25) is 4.79 Å². The van der Waals surface area contributed by atoms with Gasteiger partial charge < -0.3 is 55.4 Å². The zero-order valence-corrected chi connectivity index (χ0v) is 21.8. The van der Waals surface area contributed by atoms with Crippen LogP contribution >= 0.6 is 0 Å². The van der Waals surface area contributed by atoms with Gasteiger partial charge in [0.2, 0.25) is 0 Å². The molecule has 2 bridgehead atoms. The van der Waals surface area contributed by atoms with E-state index in [-0.39, 0.29) is 25.2 Å². The quantitative estimate of drug-likeness (QED) is 0.184. The highest BCUT2D eigenvalue weighted by atomic mass is 16.7. The molecule has 12 nitrogen and oxygen atoms in total. The number of aliphatic hydroxyl groups excluding tert-OH is 6. The van der Waals surface area contributed by atoms with E-state index >= 15 is 0 Å². The SMILES string of the molecule is CC1(C(=O)O)CCCC2(C)C1C(O)C(O)C13CC(O)(CCC21)C(O)(COC1OC(CO)C(O)C(O)C1O)C3. The zero-order chi connectivity index (χ0) is 28.1. The maximum Gasteiger partial charge on any atom is 0.309 e. The van der Waals surface area contributed by atoms with Gasteiger partial charge in [-0.05, 0) is 56.8 Å². The first-order chi connectivity index (χ1) is 17.6. The lowest BCUT2D eigenvalue weighted by atomic mass is 9.39. The van der Waals surface area contributed by atoms with Crippen LogP contribution < -0.4 is 0 Å². The molecule has 5 rings (SSSR count). The van der Waals surface area contributed by atoms with Crippen molar-refractivity contribution >= 4 is 5.97 Å². The number of hydrogen-bond donors (Lipinski definition) is 9. The first-order valence-corrected chi connectivity index (χ1v) is 13.6. The molecule has 1 saturated heterocycles. The summed E-state index contributed by atoms with van der Waals surface area (Å²) in [4.78, 5) is 12.4. The third-order valence-corrected chi connectivity index (χ3v) is 11.3. The predicted octanol–water partition coefficient (Wildman–Crippen LogP) is -1.91. The van der Waals surface area contributed by atoms with Crippen molar-refractivity contribution in [3.05, 3.63) is 0 Å². The molecule has 1 spiro atoms. The number of hydrogen-bond acceptors (Lipinski definition) is 11. The summed E-state index contributed by atoms with van der Waals surface area (Å²) in [5.41, 5.74) is -6.62. The number of carboxylic acids is 1. The lowest BCUT2D eigenvalue weighted by Crippen LogP contribution is -2.69. The maximum atomic E-state index is 12.4. The van der Waals surface area contributed by atoms with E-state index in [0.29, 0.717) is 25.7 Å². The van der Waals surface area contributed by atoms with Crippen LogP contribution in [0.2, 0.25) is 0 Å². The number of carbonyl (C=O) groups is 1. The normalized spacial score (nSPS) is 58.2. The Bertz CT molecular complexity index is 947. The number of aliphatic hydroxyl groups is 8. The molecular formula is C26H42O12. The van der Waals surface area contributed by atoms with Crippen molar-refractivity contribution in [2.45, 2.75) is 113 Å². The van der Waals surface area contributed by atoms with E-state index in [4.69, 9.17) is 9.47 Å². The molecule has 5 aliphatic rings. The first-order valence-electron chi connectivity index (χ1n) is 13.6. The minimum Gasteiger partial charge on any atom is -0.481 e. The predicted molar refractivity (Wildman–Crippen MR) is 127 cm³/mol. The Balaban J connectivity index is 1.44. The van der Waals surface area contributed by atoms with Gasteiger partial charge >= 0.3 is 5.97 Å². The number of carboxylic acid groups (broad SMARTS) is 1. The number of ether oxygens (including phenoxy) is 2. The molecule has 9 N–H and O–H groups in total. The van der Waals surface area contributed by atoms with E-state index in [9.17, 15) is 50.8 Å². The minimum atomic E-state index is -1.92. The van der Waals surface area contributed by atoms with Crippen LogP contribution in [0.25, 0.3) is 0 Å². The van der Waals surface area contributed by atoms with Crippen LogP contribution in [0, 0.1) is 28.1 Å². The van der Waals surface area contributed by atoms with Gasteiger partial charge in [0, 0.05) is 11.3 Å². The smallest absolute Gasteiger partial charge is 0.309 e. The molecule has 0 amide bonds. The fourth-order valence-corrected chi connectivity index (χ4v) is 9.53. The molecule has 218 valence electrons.